The highest BCUT2D eigenvalue weighted by Gasteiger charge is 2.04. The Labute approximate surface area is 88.7 Å². The Morgan fingerprint density at radius 3 is 2.86 bits per heavy atom. The van der Waals surface area contributed by atoms with Gasteiger partial charge in [-0.2, -0.15) is 0 Å². The van der Waals surface area contributed by atoms with Crippen LogP contribution < -0.4 is 0 Å². The van der Waals surface area contributed by atoms with Crippen molar-refractivity contribution < 1.29 is 0 Å². The molecule has 0 aliphatic rings. The van der Waals surface area contributed by atoms with Crippen LogP contribution in [0.3, 0.4) is 0 Å². The minimum absolute atomic E-state index is 0.623. The Balaban J connectivity index is 2.83. The fraction of sp³-hybridized carbons (Fsp3) is 0.250. The molecule has 0 fully saturated rings. The maximum Gasteiger partial charge on any atom is 0.137 e. The van der Waals surface area contributed by atoms with E-state index in [4.69, 9.17) is 11.6 Å². The lowest BCUT2D eigenvalue weighted by molar-refractivity contribution is 1.04. The lowest BCUT2D eigenvalue weighted by atomic mass is 10.1. The summed E-state index contributed by atoms with van der Waals surface area (Å²) in [4.78, 5) is 4.35. The van der Waals surface area contributed by atoms with E-state index in [1.807, 2.05) is 6.07 Å². The average molecular weight is 206 g/mol. The molecule has 0 spiro atoms. The number of halogens is 1. The van der Waals surface area contributed by atoms with Crippen LogP contribution in [0.15, 0.2) is 24.3 Å². The van der Waals surface area contributed by atoms with E-state index in [2.05, 4.69) is 37.0 Å². The first-order valence-corrected chi connectivity index (χ1v) is 5.15. The van der Waals surface area contributed by atoms with Gasteiger partial charge in [-0.3, -0.25) is 0 Å². The van der Waals surface area contributed by atoms with Crippen molar-refractivity contribution in [3.63, 3.8) is 0 Å². The molecule has 0 saturated carbocycles. The minimum atomic E-state index is 0.623. The van der Waals surface area contributed by atoms with Gasteiger partial charge < -0.3 is 0 Å². The molecule has 0 saturated heterocycles. The van der Waals surface area contributed by atoms with Crippen molar-refractivity contribution in [2.24, 2.45) is 0 Å². The Bertz CT molecular complexity index is 477. The SMILES string of the molecule is CCc1cc2cccc(C)c2c(Cl)n1. The van der Waals surface area contributed by atoms with E-state index in [-0.39, 0.29) is 0 Å². The molecule has 1 heterocycles. The monoisotopic (exact) mass is 205 g/mol. The Kier molecular flexibility index (Phi) is 2.42. The molecule has 2 aromatic rings. The summed E-state index contributed by atoms with van der Waals surface area (Å²) in [5.74, 6) is 0. The van der Waals surface area contributed by atoms with Gasteiger partial charge in [0.25, 0.3) is 0 Å². The minimum Gasteiger partial charge on any atom is -0.240 e. The third-order valence-electron chi connectivity index (χ3n) is 2.44. The number of fused-ring (bicyclic) bond motifs is 1. The highest BCUT2D eigenvalue weighted by atomic mass is 35.5. The predicted molar refractivity (Wildman–Crippen MR) is 60.9 cm³/mol. The van der Waals surface area contributed by atoms with E-state index in [1.54, 1.807) is 0 Å². The van der Waals surface area contributed by atoms with Crippen molar-refractivity contribution in [3.8, 4) is 0 Å². The van der Waals surface area contributed by atoms with E-state index in [0.29, 0.717) is 5.15 Å². The van der Waals surface area contributed by atoms with Gasteiger partial charge in [0.1, 0.15) is 5.15 Å². The summed E-state index contributed by atoms with van der Waals surface area (Å²) >= 11 is 6.14. The molecule has 0 aliphatic carbocycles. The van der Waals surface area contributed by atoms with Crippen molar-refractivity contribution in [1.82, 2.24) is 4.98 Å². The average Bonchev–Trinajstić information content (AvgIpc) is 2.17. The lowest BCUT2D eigenvalue weighted by Gasteiger charge is -2.05. The Morgan fingerprint density at radius 1 is 1.36 bits per heavy atom. The molecule has 72 valence electrons. The summed E-state index contributed by atoms with van der Waals surface area (Å²) in [6.07, 6.45) is 0.920. The fourth-order valence-electron chi connectivity index (χ4n) is 1.67. The van der Waals surface area contributed by atoms with Crippen LogP contribution in [0.2, 0.25) is 5.15 Å². The highest BCUT2D eigenvalue weighted by Crippen LogP contribution is 2.25. The maximum atomic E-state index is 6.14. The molecule has 0 aliphatic heterocycles. The molecule has 0 atom stereocenters. The van der Waals surface area contributed by atoms with Crippen LogP contribution in [0, 0.1) is 6.92 Å². The van der Waals surface area contributed by atoms with Crippen LogP contribution in [-0.4, -0.2) is 4.98 Å². The molecule has 2 heteroatoms. The van der Waals surface area contributed by atoms with E-state index >= 15 is 0 Å². The summed E-state index contributed by atoms with van der Waals surface area (Å²) in [6.45, 7) is 4.14. The number of nitrogens with zero attached hydrogens (tertiary/aromatic N) is 1. The quantitative estimate of drug-likeness (QED) is 0.646. The van der Waals surface area contributed by atoms with E-state index in [0.717, 1.165) is 17.5 Å². The first-order valence-electron chi connectivity index (χ1n) is 4.77. The zero-order valence-electron chi connectivity index (χ0n) is 8.34. The molecule has 0 N–H and O–H groups in total. The Hall–Kier alpha value is -1.08. The molecular weight excluding hydrogens is 194 g/mol. The van der Waals surface area contributed by atoms with Gasteiger partial charge in [0, 0.05) is 11.1 Å². The van der Waals surface area contributed by atoms with Crippen molar-refractivity contribution >= 4 is 22.4 Å². The molecule has 0 amide bonds. The van der Waals surface area contributed by atoms with E-state index in [9.17, 15) is 0 Å². The molecule has 2 rings (SSSR count). The van der Waals surface area contributed by atoms with Gasteiger partial charge in [-0.05, 0) is 30.4 Å². The Morgan fingerprint density at radius 2 is 2.14 bits per heavy atom. The number of benzene rings is 1. The van der Waals surface area contributed by atoms with Crippen LogP contribution in [0.5, 0.6) is 0 Å². The van der Waals surface area contributed by atoms with Gasteiger partial charge in [-0.15, -0.1) is 0 Å². The van der Waals surface area contributed by atoms with Crippen LogP contribution in [-0.2, 0) is 6.42 Å². The summed E-state index contributed by atoms with van der Waals surface area (Å²) < 4.78 is 0. The number of hydrogen-bond donors (Lipinski definition) is 0. The predicted octanol–water partition coefficient (Wildman–Crippen LogP) is 3.76. The van der Waals surface area contributed by atoms with Gasteiger partial charge in [0.05, 0.1) is 0 Å². The van der Waals surface area contributed by atoms with Gasteiger partial charge in [-0.25, -0.2) is 4.98 Å². The molecule has 1 aromatic heterocycles. The molecular formula is C12H12ClN. The van der Waals surface area contributed by atoms with Crippen molar-refractivity contribution in [3.05, 3.63) is 40.7 Å². The van der Waals surface area contributed by atoms with Crippen molar-refractivity contribution in [2.45, 2.75) is 20.3 Å². The maximum absolute atomic E-state index is 6.14. The van der Waals surface area contributed by atoms with Gasteiger partial charge >= 0.3 is 0 Å². The second-order valence-electron chi connectivity index (χ2n) is 3.43. The lowest BCUT2D eigenvalue weighted by Crippen LogP contribution is -1.90. The summed E-state index contributed by atoms with van der Waals surface area (Å²) in [5, 5.41) is 2.88. The van der Waals surface area contributed by atoms with Gasteiger partial charge in [-0.1, -0.05) is 36.7 Å². The number of rotatable bonds is 1. The van der Waals surface area contributed by atoms with E-state index < -0.39 is 0 Å². The van der Waals surface area contributed by atoms with Crippen molar-refractivity contribution in [2.75, 3.05) is 0 Å². The number of aryl methyl sites for hydroxylation is 2. The van der Waals surface area contributed by atoms with E-state index in [1.165, 1.54) is 10.9 Å². The van der Waals surface area contributed by atoms with Gasteiger partial charge in [0.15, 0.2) is 0 Å². The van der Waals surface area contributed by atoms with Crippen LogP contribution in [0.1, 0.15) is 18.2 Å². The second-order valence-corrected chi connectivity index (χ2v) is 3.79. The zero-order chi connectivity index (χ0) is 10.1. The van der Waals surface area contributed by atoms with Crippen LogP contribution >= 0.6 is 11.6 Å². The summed E-state index contributed by atoms with van der Waals surface area (Å²) in [5.41, 5.74) is 2.23. The third-order valence-corrected chi connectivity index (χ3v) is 2.71. The fourth-order valence-corrected chi connectivity index (χ4v) is 2.03. The second kappa shape index (κ2) is 3.58. The molecule has 1 aromatic carbocycles. The molecule has 0 bridgehead atoms. The topological polar surface area (TPSA) is 12.9 Å². The normalized spacial score (nSPS) is 10.8. The molecule has 0 unspecified atom stereocenters. The van der Waals surface area contributed by atoms with Crippen LogP contribution in [0.25, 0.3) is 10.8 Å². The third kappa shape index (κ3) is 1.48. The number of aromatic nitrogens is 1. The molecule has 1 nitrogen and oxygen atoms in total. The van der Waals surface area contributed by atoms with Crippen LogP contribution in [0.4, 0.5) is 0 Å². The summed E-state index contributed by atoms with van der Waals surface area (Å²) in [6, 6.07) is 8.29. The number of hydrogen-bond acceptors (Lipinski definition) is 1. The first kappa shape index (κ1) is 9.47. The summed E-state index contributed by atoms with van der Waals surface area (Å²) in [7, 11) is 0. The smallest absolute Gasteiger partial charge is 0.137 e. The molecule has 14 heavy (non-hydrogen) atoms. The highest BCUT2D eigenvalue weighted by molar-refractivity contribution is 6.34. The zero-order valence-corrected chi connectivity index (χ0v) is 9.10. The largest absolute Gasteiger partial charge is 0.240 e. The van der Waals surface area contributed by atoms with Crippen molar-refractivity contribution in [1.29, 1.82) is 0 Å². The molecule has 0 radical (unpaired) electrons. The number of pyridine rings is 1. The van der Waals surface area contributed by atoms with Gasteiger partial charge in [0.2, 0.25) is 0 Å². The standard InChI is InChI=1S/C12H12ClN/c1-3-10-7-9-6-4-5-8(2)11(9)12(13)14-10/h4-7H,3H2,1-2H3. The first-order chi connectivity index (χ1) is 6.72.